The van der Waals surface area contributed by atoms with Crippen molar-refractivity contribution in [3.8, 4) is 10.7 Å². The summed E-state index contributed by atoms with van der Waals surface area (Å²) in [6.45, 7) is 3.49. The third-order valence-electron chi connectivity index (χ3n) is 5.13. The standard InChI is InChI=1S/C21H24N4O3S3/c1-15-14-30-21(22-15)19-11-18(12-25(19)13-20(26)24-9-3-4-10-24)31(27,28)23-16-5-7-17(29-2)8-6-16/h5-8,11-12,14,23H,3-4,9-10,13H2,1-2H3. The number of sulfonamides is 1. The molecule has 1 saturated heterocycles. The van der Waals surface area contributed by atoms with E-state index in [1.54, 1.807) is 34.5 Å². The van der Waals surface area contributed by atoms with Crippen molar-refractivity contribution in [1.82, 2.24) is 14.5 Å². The Morgan fingerprint density at radius 3 is 2.55 bits per heavy atom. The Bertz CT molecular complexity index is 1180. The van der Waals surface area contributed by atoms with Crippen molar-refractivity contribution >= 4 is 44.7 Å². The highest BCUT2D eigenvalue weighted by atomic mass is 32.2. The maximum absolute atomic E-state index is 13.1. The van der Waals surface area contributed by atoms with Gasteiger partial charge >= 0.3 is 0 Å². The van der Waals surface area contributed by atoms with E-state index in [1.165, 1.54) is 17.5 Å². The highest BCUT2D eigenvalue weighted by Crippen LogP contribution is 2.29. The molecule has 1 aliphatic heterocycles. The molecule has 0 radical (unpaired) electrons. The van der Waals surface area contributed by atoms with Gasteiger partial charge in [-0.05, 0) is 56.4 Å². The zero-order chi connectivity index (χ0) is 22.0. The van der Waals surface area contributed by atoms with Gasteiger partial charge in [-0.3, -0.25) is 9.52 Å². The summed E-state index contributed by atoms with van der Waals surface area (Å²) in [5.41, 5.74) is 1.98. The quantitative estimate of drug-likeness (QED) is 0.520. The number of carbonyl (C=O) groups is 1. The van der Waals surface area contributed by atoms with E-state index in [-0.39, 0.29) is 17.3 Å². The summed E-state index contributed by atoms with van der Waals surface area (Å²) in [5, 5.41) is 2.60. The van der Waals surface area contributed by atoms with Gasteiger partial charge in [0.05, 0.1) is 5.69 Å². The van der Waals surface area contributed by atoms with Crippen LogP contribution in [0.5, 0.6) is 0 Å². The van der Waals surface area contributed by atoms with E-state index >= 15 is 0 Å². The molecule has 31 heavy (non-hydrogen) atoms. The number of carbonyl (C=O) groups excluding carboxylic acids is 1. The number of hydrogen-bond donors (Lipinski definition) is 1. The van der Waals surface area contributed by atoms with E-state index in [4.69, 9.17) is 0 Å². The molecular weight excluding hydrogens is 452 g/mol. The highest BCUT2D eigenvalue weighted by molar-refractivity contribution is 7.98. The second-order valence-electron chi connectivity index (χ2n) is 7.40. The first-order chi connectivity index (χ1) is 14.9. The lowest BCUT2D eigenvalue weighted by molar-refractivity contribution is -0.130. The molecule has 0 spiro atoms. The van der Waals surface area contributed by atoms with E-state index in [0.717, 1.165) is 36.5 Å². The predicted octanol–water partition coefficient (Wildman–Crippen LogP) is 4.07. The topological polar surface area (TPSA) is 84.3 Å². The van der Waals surface area contributed by atoms with Crippen LogP contribution < -0.4 is 4.72 Å². The average molecular weight is 477 g/mol. The summed E-state index contributed by atoms with van der Waals surface area (Å²) in [4.78, 5) is 20.2. The summed E-state index contributed by atoms with van der Waals surface area (Å²) in [7, 11) is -3.82. The SMILES string of the molecule is CSc1ccc(NS(=O)(=O)c2cc(-c3nc(C)cs3)n(CC(=O)N3CCCC3)c2)cc1. The molecule has 1 N–H and O–H groups in total. The van der Waals surface area contributed by atoms with Crippen LogP contribution in [-0.2, 0) is 21.4 Å². The normalized spacial score (nSPS) is 14.2. The van der Waals surface area contributed by atoms with E-state index in [9.17, 15) is 13.2 Å². The third-order valence-corrected chi connectivity index (χ3v) is 8.20. The van der Waals surface area contributed by atoms with Gasteiger partial charge in [-0.1, -0.05) is 0 Å². The molecule has 1 amide bonds. The Morgan fingerprint density at radius 2 is 1.94 bits per heavy atom. The van der Waals surface area contributed by atoms with Gasteiger partial charge in [-0.2, -0.15) is 0 Å². The summed E-state index contributed by atoms with van der Waals surface area (Å²) in [6, 6.07) is 8.80. The van der Waals surface area contributed by atoms with Crippen LogP contribution in [0.2, 0.25) is 0 Å². The zero-order valence-electron chi connectivity index (χ0n) is 17.4. The lowest BCUT2D eigenvalue weighted by atomic mass is 10.3. The fraction of sp³-hybridized carbons (Fsp3) is 0.333. The molecule has 3 heterocycles. The first-order valence-electron chi connectivity index (χ1n) is 9.93. The van der Waals surface area contributed by atoms with Crippen LogP contribution in [0.1, 0.15) is 18.5 Å². The molecule has 1 fully saturated rings. The monoisotopic (exact) mass is 476 g/mol. The second-order valence-corrected chi connectivity index (χ2v) is 10.8. The molecule has 0 unspecified atom stereocenters. The number of hydrogen-bond acceptors (Lipinski definition) is 6. The number of nitrogens with zero attached hydrogens (tertiary/aromatic N) is 3. The number of thiazole rings is 1. The molecule has 0 aliphatic carbocycles. The van der Waals surface area contributed by atoms with Gasteiger partial charge in [0, 0.05) is 40.9 Å². The third kappa shape index (κ3) is 4.97. The van der Waals surface area contributed by atoms with Gasteiger partial charge in [0.2, 0.25) is 5.91 Å². The Labute approximate surface area is 190 Å². The van der Waals surface area contributed by atoms with Crippen molar-refractivity contribution in [2.24, 2.45) is 0 Å². The number of likely N-dealkylation sites (tertiary alicyclic amines) is 1. The number of anilines is 1. The van der Waals surface area contributed by atoms with Crippen LogP contribution in [0.25, 0.3) is 10.7 Å². The van der Waals surface area contributed by atoms with Crippen molar-refractivity contribution < 1.29 is 13.2 Å². The fourth-order valence-electron chi connectivity index (χ4n) is 3.50. The summed E-state index contributed by atoms with van der Waals surface area (Å²) in [5.74, 6) is -0.00723. The number of aryl methyl sites for hydroxylation is 1. The number of nitrogens with one attached hydrogen (secondary N) is 1. The second kappa shape index (κ2) is 9.05. The van der Waals surface area contributed by atoms with Crippen LogP contribution >= 0.6 is 23.1 Å². The fourth-order valence-corrected chi connectivity index (χ4v) is 5.83. The van der Waals surface area contributed by atoms with E-state index < -0.39 is 10.0 Å². The van der Waals surface area contributed by atoms with Crippen LogP contribution in [-0.4, -0.2) is 48.1 Å². The first kappa shape index (κ1) is 21.9. The molecule has 164 valence electrons. The van der Waals surface area contributed by atoms with Gasteiger partial charge in [-0.25, -0.2) is 13.4 Å². The van der Waals surface area contributed by atoms with Gasteiger partial charge in [-0.15, -0.1) is 23.1 Å². The molecule has 10 heteroatoms. The minimum Gasteiger partial charge on any atom is -0.341 e. The van der Waals surface area contributed by atoms with Crippen LogP contribution in [0, 0.1) is 6.92 Å². The number of aromatic nitrogens is 2. The lowest BCUT2D eigenvalue weighted by Gasteiger charge is -2.16. The molecule has 3 aromatic rings. The molecule has 0 saturated carbocycles. The first-order valence-corrected chi connectivity index (χ1v) is 13.5. The molecule has 7 nitrogen and oxygen atoms in total. The van der Waals surface area contributed by atoms with Crippen molar-refractivity contribution in [2.45, 2.75) is 36.1 Å². The Hall–Kier alpha value is -2.30. The van der Waals surface area contributed by atoms with Gasteiger partial charge < -0.3 is 9.47 Å². The lowest BCUT2D eigenvalue weighted by Crippen LogP contribution is -2.31. The Morgan fingerprint density at radius 1 is 1.23 bits per heavy atom. The molecule has 1 aromatic carbocycles. The van der Waals surface area contributed by atoms with E-state index in [0.29, 0.717) is 16.4 Å². The van der Waals surface area contributed by atoms with Crippen LogP contribution in [0.3, 0.4) is 0 Å². The number of thioether (sulfide) groups is 1. The summed E-state index contributed by atoms with van der Waals surface area (Å²) >= 11 is 3.02. The number of amides is 1. The van der Waals surface area contributed by atoms with Crippen molar-refractivity contribution in [1.29, 1.82) is 0 Å². The average Bonchev–Trinajstić information content (AvgIpc) is 3.49. The predicted molar refractivity (Wildman–Crippen MR) is 125 cm³/mol. The smallest absolute Gasteiger partial charge is 0.263 e. The largest absolute Gasteiger partial charge is 0.341 e. The number of benzene rings is 1. The van der Waals surface area contributed by atoms with Crippen LogP contribution in [0.15, 0.2) is 51.7 Å². The summed E-state index contributed by atoms with van der Waals surface area (Å²) in [6.07, 6.45) is 5.51. The van der Waals surface area contributed by atoms with Gasteiger partial charge in [0.15, 0.2) is 0 Å². The Balaban J connectivity index is 1.65. The maximum Gasteiger partial charge on any atom is 0.263 e. The Kier molecular flexibility index (Phi) is 6.40. The van der Waals surface area contributed by atoms with Crippen molar-refractivity contribution in [3.05, 3.63) is 47.6 Å². The minimum absolute atomic E-state index is 0.00723. The van der Waals surface area contributed by atoms with Crippen molar-refractivity contribution in [3.63, 3.8) is 0 Å². The summed E-state index contributed by atoms with van der Waals surface area (Å²) < 4.78 is 30.4. The highest BCUT2D eigenvalue weighted by Gasteiger charge is 2.24. The van der Waals surface area contributed by atoms with Crippen molar-refractivity contribution in [2.75, 3.05) is 24.1 Å². The molecule has 0 bridgehead atoms. The van der Waals surface area contributed by atoms with Gasteiger partial charge in [0.25, 0.3) is 10.0 Å². The maximum atomic E-state index is 13.1. The van der Waals surface area contributed by atoms with Gasteiger partial charge in [0.1, 0.15) is 16.4 Å². The van der Waals surface area contributed by atoms with E-state index in [1.807, 2.05) is 35.6 Å². The van der Waals surface area contributed by atoms with E-state index in [2.05, 4.69) is 9.71 Å². The molecule has 4 rings (SSSR count). The molecule has 1 aliphatic rings. The molecule has 0 atom stereocenters. The molecular formula is C21H24N4O3S3. The van der Waals surface area contributed by atoms with Crippen LogP contribution in [0.4, 0.5) is 5.69 Å². The minimum atomic E-state index is -3.82. The zero-order valence-corrected chi connectivity index (χ0v) is 19.8. The molecule has 2 aromatic heterocycles. The number of rotatable bonds is 7.